The molecule has 7 heteroatoms. The second-order valence-corrected chi connectivity index (χ2v) is 5.95. The van der Waals surface area contributed by atoms with E-state index in [-0.39, 0.29) is 18.3 Å². The zero-order chi connectivity index (χ0) is 14.6. The molecule has 1 aliphatic heterocycles. The first-order valence-electron chi connectivity index (χ1n) is 6.60. The number of hydrogen-bond acceptors (Lipinski definition) is 2. The van der Waals surface area contributed by atoms with Crippen molar-refractivity contribution in [2.45, 2.75) is 19.0 Å². The topological polar surface area (TPSA) is 12.5 Å². The molecule has 0 saturated carbocycles. The fourth-order valence-corrected chi connectivity index (χ4v) is 2.85. The van der Waals surface area contributed by atoms with E-state index >= 15 is 0 Å². The standard InChI is InChI=1S/C14H17BrF3NO.ClH/c15-12-5-1-2-6-13(12)20-9-11-4-3-7-19(8-11)10-14(16,17)18;/h1-2,5-6,11H,3-4,7-10H2;1H/t11-;/m0./s1. The molecule has 1 aromatic carbocycles. The van der Waals surface area contributed by atoms with Crippen molar-refractivity contribution in [1.29, 1.82) is 0 Å². The Morgan fingerprint density at radius 2 is 2.00 bits per heavy atom. The van der Waals surface area contributed by atoms with E-state index in [1.54, 1.807) is 0 Å². The normalized spacial score (nSPS) is 19.9. The summed E-state index contributed by atoms with van der Waals surface area (Å²) >= 11 is 3.39. The van der Waals surface area contributed by atoms with E-state index in [1.807, 2.05) is 24.3 Å². The molecule has 0 N–H and O–H groups in total. The van der Waals surface area contributed by atoms with Gasteiger partial charge in [0.1, 0.15) is 5.75 Å². The molecule has 1 heterocycles. The number of alkyl halides is 3. The van der Waals surface area contributed by atoms with E-state index in [0.29, 0.717) is 19.7 Å². The van der Waals surface area contributed by atoms with Crippen LogP contribution in [0.15, 0.2) is 28.7 Å². The average Bonchev–Trinajstić information content (AvgIpc) is 2.36. The van der Waals surface area contributed by atoms with Gasteiger partial charge in [0.05, 0.1) is 17.6 Å². The van der Waals surface area contributed by atoms with Crippen molar-refractivity contribution in [3.63, 3.8) is 0 Å². The summed E-state index contributed by atoms with van der Waals surface area (Å²) in [4.78, 5) is 1.47. The molecule has 0 unspecified atom stereocenters. The van der Waals surface area contributed by atoms with Crippen LogP contribution in [0.1, 0.15) is 12.8 Å². The zero-order valence-corrected chi connectivity index (χ0v) is 13.8. The van der Waals surface area contributed by atoms with Gasteiger partial charge in [-0.15, -0.1) is 12.4 Å². The van der Waals surface area contributed by atoms with Gasteiger partial charge < -0.3 is 4.74 Å². The van der Waals surface area contributed by atoms with E-state index in [2.05, 4.69) is 15.9 Å². The molecule has 0 spiro atoms. The summed E-state index contributed by atoms with van der Waals surface area (Å²) < 4.78 is 43.7. The van der Waals surface area contributed by atoms with Crippen LogP contribution >= 0.6 is 28.3 Å². The number of ether oxygens (including phenoxy) is 1. The minimum Gasteiger partial charge on any atom is -0.492 e. The predicted octanol–water partition coefficient (Wildman–Crippen LogP) is 4.52. The molecule has 0 radical (unpaired) electrons. The fraction of sp³-hybridized carbons (Fsp3) is 0.571. The maximum atomic E-state index is 12.4. The number of hydrogen-bond donors (Lipinski definition) is 0. The van der Waals surface area contributed by atoms with Crippen molar-refractivity contribution >= 4 is 28.3 Å². The maximum absolute atomic E-state index is 12.4. The van der Waals surface area contributed by atoms with Crippen LogP contribution in [0.25, 0.3) is 0 Å². The molecule has 1 saturated heterocycles. The second-order valence-electron chi connectivity index (χ2n) is 5.10. The van der Waals surface area contributed by atoms with E-state index < -0.39 is 12.7 Å². The summed E-state index contributed by atoms with van der Waals surface area (Å²) in [5.74, 6) is 0.888. The lowest BCUT2D eigenvalue weighted by molar-refractivity contribution is -0.149. The molecule has 21 heavy (non-hydrogen) atoms. The van der Waals surface area contributed by atoms with Crippen molar-refractivity contribution < 1.29 is 17.9 Å². The summed E-state index contributed by atoms with van der Waals surface area (Å²) in [5.41, 5.74) is 0. The summed E-state index contributed by atoms with van der Waals surface area (Å²) in [5, 5.41) is 0. The van der Waals surface area contributed by atoms with Crippen LogP contribution < -0.4 is 4.74 Å². The third-order valence-corrected chi connectivity index (χ3v) is 3.97. The van der Waals surface area contributed by atoms with E-state index in [1.165, 1.54) is 4.90 Å². The second kappa shape index (κ2) is 8.25. The number of para-hydroxylation sites is 1. The largest absolute Gasteiger partial charge is 0.492 e. The van der Waals surface area contributed by atoms with E-state index in [0.717, 1.165) is 23.1 Å². The van der Waals surface area contributed by atoms with Gasteiger partial charge in [-0.25, -0.2) is 0 Å². The quantitative estimate of drug-likeness (QED) is 0.752. The van der Waals surface area contributed by atoms with Crippen LogP contribution in [0.4, 0.5) is 13.2 Å². The van der Waals surface area contributed by atoms with Crippen LogP contribution in [0.5, 0.6) is 5.75 Å². The number of piperidine rings is 1. The van der Waals surface area contributed by atoms with Gasteiger partial charge in [-0.1, -0.05) is 12.1 Å². The number of likely N-dealkylation sites (tertiary alicyclic amines) is 1. The first-order valence-corrected chi connectivity index (χ1v) is 7.40. The van der Waals surface area contributed by atoms with E-state index in [4.69, 9.17) is 4.74 Å². The Kier molecular flexibility index (Phi) is 7.30. The number of halogens is 5. The SMILES string of the molecule is Cl.FC(F)(F)CN1CCC[C@H](COc2ccccc2Br)C1. The highest BCUT2D eigenvalue weighted by atomic mass is 79.9. The van der Waals surface area contributed by atoms with Crippen molar-refractivity contribution in [3.05, 3.63) is 28.7 Å². The van der Waals surface area contributed by atoms with Crippen LogP contribution in [-0.2, 0) is 0 Å². The smallest absolute Gasteiger partial charge is 0.401 e. The lowest BCUT2D eigenvalue weighted by Crippen LogP contribution is -2.42. The third kappa shape index (κ3) is 6.45. The Bertz CT molecular complexity index is 444. The van der Waals surface area contributed by atoms with Gasteiger partial charge >= 0.3 is 6.18 Å². The fourth-order valence-electron chi connectivity index (χ4n) is 2.45. The summed E-state index contributed by atoms with van der Waals surface area (Å²) in [7, 11) is 0. The van der Waals surface area contributed by atoms with Gasteiger partial charge in [-0.2, -0.15) is 13.2 Å². The first kappa shape index (κ1) is 18.6. The van der Waals surface area contributed by atoms with Gasteiger partial charge in [0.2, 0.25) is 0 Å². The molecule has 0 amide bonds. The minimum atomic E-state index is -4.12. The highest BCUT2D eigenvalue weighted by Gasteiger charge is 2.33. The van der Waals surface area contributed by atoms with Crippen LogP contribution in [0.2, 0.25) is 0 Å². The Morgan fingerprint density at radius 1 is 1.29 bits per heavy atom. The highest BCUT2D eigenvalue weighted by molar-refractivity contribution is 9.10. The van der Waals surface area contributed by atoms with Crippen LogP contribution in [0.3, 0.4) is 0 Å². The lowest BCUT2D eigenvalue weighted by Gasteiger charge is -2.33. The van der Waals surface area contributed by atoms with Crippen molar-refractivity contribution in [2.75, 3.05) is 26.2 Å². The number of benzene rings is 1. The first-order chi connectivity index (χ1) is 9.44. The third-order valence-electron chi connectivity index (χ3n) is 3.32. The average molecular weight is 389 g/mol. The number of nitrogens with zero attached hydrogens (tertiary/aromatic N) is 1. The molecule has 1 atom stereocenters. The van der Waals surface area contributed by atoms with E-state index in [9.17, 15) is 13.2 Å². The Balaban J connectivity index is 0.00000220. The number of rotatable bonds is 4. The Morgan fingerprint density at radius 3 is 2.67 bits per heavy atom. The van der Waals surface area contributed by atoms with Gasteiger partial charge in [0, 0.05) is 12.5 Å². The zero-order valence-electron chi connectivity index (χ0n) is 11.4. The lowest BCUT2D eigenvalue weighted by atomic mass is 9.99. The molecule has 1 fully saturated rings. The predicted molar refractivity (Wildman–Crippen MR) is 82.1 cm³/mol. The van der Waals surface area contributed by atoms with Gasteiger partial charge in [0.25, 0.3) is 0 Å². The van der Waals surface area contributed by atoms with Gasteiger partial charge in [0.15, 0.2) is 0 Å². The Hall–Kier alpha value is -0.460. The molecule has 1 aliphatic rings. The minimum absolute atomic E-state index is 0. The van der Waals surface area contributed by atoms with Gasteiger partial charge in [-0.3, -0.25) is 4.90 Å². The highest BCUT2D eigenvalue weighted by Crippen LogP contribution is 2.26. The maximum Gasteiger partial charge on any atom is 0.401 e. The molecular formula is C14H18BrClF3NO. The molecule has 0 aromatic heterocycles. The summed E-state index contributed by atoms with van der Waals surface area (Å²) in [6.07, 6.45) is -2.41. The monoisotopic (exact) mass is 387 g/mol. The molecule has 1 aromatic rings. The molecule has 0 aliphatic carbocycles. The van der Waals surface area contributed by atoms with Crippen LogP contribution in [-0.4, -0.2) is 37.3 Å². The molecule has 2 rings (SSSR count). The van der Waals surface area contributed by atoms with Crippen molar-refractivity contribution in [3.8, 4) is 5.75 Å². The van der Waals surface area contributed by atoms with Gasteiger partial charge in [-0.05, 0) is 47.4 Å². The van der Waals surface area contributed by atoms with Crippen molar-refractivity contribution in [1.82, 2.24) is 4.90 Å². The van der Waals surface area contributed by atoms with Crippen molar-refractivity contribution in [2.24, 2.45) is 5.92 Å². The molecular weight excluding hydrogens is 371 g/mol. The molecule has 0 bridgehead atoms. The molecule has 120 valence electrons. The summed E-state index contributed by atoms with van der Waals surface area (Å²) in [6.45, 7) is 0.602. The molecule has 2 nitrogen and oxygen atoms in total. The Labute approximate surface area is 137 Å². The van der Waals surface area contributed by atoms with Crippen LogP contribution in [0, 0.1) is 5.92 Å². The summed E-state index contributed by atoms with van der Waals surface area (Å²) in [6, 6.07) is 7.49.